The fraction of sp³-hybridized carbons (Fsp3) is 0.105. The van der Waals surface area contributed by atoms with E-state index in [0.29, 0.717) is 17.8 Å². The van der Waals surface area contributed by atoms with Crippen molar-refractivity contribution in [2.45, 2.75) is 13.5 Å². The largest absolute Gasteiger partial charge is 0.359 e. The molecule has 0 fully saturated rings. The van der Waals surface area contributed by atoms with Crippen LogP contribution in [0.1, 0.15) is 21.5 Å². The van der Waals surface area contributed by atoms with Gasteiger partial charge in [0.2, 0.25) is 0 Å². The second-order valence-electron chi connectivity index (χ2n) is 5.95. The maximum Gasteiger partial charge on any atom is 0.253 e. The standard InChI is InChI=1S/C19H17N5O/c1-12-4-2-5-13(8-12)10-22-19(25)14-9-16(21-11-14)17-15-6-3-7-20-18(15)24-23-17/h2-9,11,21H,10H2,1H3,(H,22,25)(H,20,23,24). The van der Waals surface area contributed by atoms with E-state index in [0.717, 1.165) is 22.3 Å². The summed E-state index contributed by atoms with van der Waals surface area (Å²) in [6.45, 7) is 2.53. The summed E-state index contributed by atoms with van der Waals surface area (Å²) in [6, 6.07) is 13.7. The Balaban J connectivity index is 1.52. The molecule has 3 heterocycles. The minimum Gasteiger partial charge on any atom is -0.359 e. The Morgan fingerprint density at radius 1 is 1.20 bits per heavy atom. The molecule has 0 saturated heterocycles. The third kappa shape index (κ3) is 3.01. The summed E-state index contributed by atoms with van der Waals surface area (Å²) in [4.78, 5) is 19.7. The molecule has 1 amide bonds. The number of H-pyrrole nitrogens is 2. The minimum absolute atomic E-state index is 0.119. The SMILES string of the molecule is Cc1cccc(CNC(=O)c2c[nH]c(-c3[nH]nc4ncccc34)c2)c1. The Bertz CT molecular complexity index is 1050. The second kappa shape index (κ2) is 6.24. The highest BCUT2D eigenvalue weighted by atomic mass is 16.1. The number of carbonyl (C=O) groups excluding carboxylic acids is 1. The number of fused-ring (bicyclic) bond motifs is 1. The van der Waals surface area contributed by atoms with Gasteiger partial charge in [0.1, 0.15) is 0 Å². The highest BCUT2D eigenvalue weighted by Gasteiger charge is 2.13. The maximum atomic E-state index is 12.4. The van der Waals surface area contributed by atoms with E-state index in [-0.39, 0.29) is 5.91 Å². The fourth-order valence-corrected chi connectivity index (χ4v) is 2.83. The van der Waals surface area contributed by atoms with Crippen LogP contribution in [0.25, 0.3) is 22.4 Å². The van der Waals surface area contributed by atoms with Crippen LogP contribution < -0.4 is 5.32 Å². The molecule has 0 unspecified atom stereocenters. The van der Waals surface area contributed by atoms with Gasteiger partial charge in [-0.25, -0.2) is 4.98 Å². The first-order valence-corrected chi connectivity index (χ1v) is 8.02. The molecule has 0 radical (unpaired) electrons. The summed E-state index contributed by atoms with van der Waals surface area (Å²) in [5, 5.41) is 11.0. The second-order valence-corrected chi connectivity index (χ2v) is 5.95. The van der Waals surface area contributed by atoms with Crippen molar-refractivity contribution >= 4 is 16.9 Å². The van der Waals surface area contributed by atoms with Gasteiger partial charge in [0.25, 0.3) is 5.91 Å². The average Bonchev–Trinajstić information content (AvgIpc) is 3.26. The number of nitrogens with zero attached hydrogens (tertiary/aromatic N) is 2. The van der Waals surface area contributed by atoms with Crippen molar-refractivity contribution in [3.63, 3.8) is 0 Å². The number of aryl methyl sites for hydroxylation is 1. The van der Waals surface area contributed by atoms with Crippen LogP contribution in [0.15, 0.2) is 54.9 Å². The first-order valence-electron chi connectivity index (χ1n) is 8.02. The van der Waals surface area contributed by atoms with Gasteiger partial charge in [-0.2, -0.15) is 5.10 Å². The predicted molar refractivity (Wildman–Crippen MR) is 96.0 cm³/mol. The molecule has 25 heavy (non-hydrogen) atoms. The maximum absolute atomic E-state index is 12.4. The first kappa shape index (κ1) is 15.1. The third-order valence-electron chi connectivity index (χ3n) is 4.08. The minimum atomic E-state index is -0.119. The lowest BCUT2D eigenvalue weighted by molar-refractivity contribution is 0.0951. The lowest BCUT2D eigenvalue weighted by atomic mass is 10.1. The van der Waals surface area contributed by atoms with Gasteiger partial charge < -0.3 is 10.3 Å². The smallest absolute Gasteiger partial charge is 0.253 e. The molecule has 4 aromatic rings. The van der Waals surface area contributed by atoms with Gasteiger partial charge >= 0.3 is 0 Å². The van der Waals surface area contributed by atoms with Gasteiger partial charge in [-0.3, -0.25) is 9.89 Å². The zero-order valence-electron chi connectivity index (χ0n) is 13.7. The highest BCUT2D eigenvalue weighted by Crippen LogP contribution is 2.24. The molecule has 4 rings (SSSR count). The third-order valence-corrected chi connectivity index (χ3v) is 4.08. The van der Waals surface area contributed by atoms with Crippen LogP contribution in [0, 0.1) is 6.92 Å². The lowest BCUT2D eigenvalue weighted by Gasteiger charge is -2.04. The molecular formula is C19H17N5O. The van der Waals surface area contributed by atoms with Gasteiger partial charge in [0.15, 0.2) is 5.65 Å². The molecule has 6 heteroatoms. The zero-order chi connectivity index (χ0) is 17.2. The van der Waals surface area contributed by atoms with E-state index in [1.807, 2.05) is 43.3 Å². The number of pyridine rings is 1. The van der Waals surface area contributed by atoms with Gasteiger partial charge in [-0.15, -0.1) is 0 Å². The quantitative estimate of drug-likeness (QED) is 0.537. The fourth-order valence-electron chi connectivity index (χ4n) is 2.83. The summed E-state index contributed by atoms with van der Waals surface area (Å²) < 4.78 is 0. The number of amides is 1. The molecule has 1 aromatic carbocycles. The summed E-state index contributed by atoms with van der Waals surface area (Å²) in [6.07, 6.45) is 3.40. The van der Waals surface area contributed by atoms with Gasteiger partial charge in [0.05, 0.1) is 17.0 Å². The predicted octanol–water partition coefficient (Wildman–Crippen LogP) is 3.19. The Hall–Kier alpha value is -3.41. The Labute approximate surface area is 144 Å². The van der Waals surface area contributed by atoms with Gasteiger partial charge in [-0.05, 0) is 30.7 Å². The van der Waals surface area contributed by atoms with Crippen LogP contribution in [0.4, 0.5) is 0 Å². The van der Waals surface area contributed by atoms with Crippen molar-refractivity contribution in [3.8, 4) is 11.4 Å². The Morgan fingerprint density at radius 3 is 3.00 bits per heavy atom. The van der Waals surface area contributed by atoms with E-state index in [4.69, 9.17) is 0 Å². The summed E-state index contributed by atoms with van der Waals surface area (Å²) in [7, 11) is 0. The number of hydrogen-bond acceptors (Lipinski definition) is 3. The van der Waals surface area contributed by atoms with Crippen molar-refractivity contribution in [1.82, 2.24) is 25.5 Å². The molecule has 0 aliphatic rings. The summed E-state index contributed by atoms with van der Waals surface area (Å²) in [5.41, 5.74) is 5.11. The van der Waals surface area contributed by atoms with E-state index >= 15 is 0 Å². The molecule has 3 N–H and O–H groups in total. The monoisotopic (exact) mass is 331 g/mol. The molecule has 6 nitrogen and oxygen atoms in total. The van der Waals surface area contributed by atoms with Crippen LogP contribution in [-0.4, -0.2) is 26.1 Å². The topological polar surface area (TPSA) is 86.5 Å². The number of aromatic amines is 2. The van der Waals surface area contributed by atoms with Crippen LogP contribution in [0.2, 0.25) is 0 Å². The number of carbonyl (C=O) groups is 1. The average molecular weight is 331 g/mol. The van der Waals surface area contributed by atoms with Gasteiger partial charge in [-0.1, -0.05) is 29.8 Å². The molecular weight excluding hydrogens is 314 g/mol. The number of aromatic nitrogens is 4. The van der Waals surface area contributed by atoms with Crippen LogP contribution in [0.3, 0.4) is 0 Å². The number of rotatable bonds is 4. The Kier molecular flexibility index (Phi) is 3.78. The zero-order valence-corrected chi connectivity index (χ0v) is 13.7. The molecule has 0 saturated carbocycles. The van der Waals surface area contributed by atoms with E-state index in [1.54, 1.807) is 12.4 Å². The van der Waals surface area contributed by atoms with Crippen molar-refractivity contribution in [1.29, 1.82) is 0 Å². The number of hydrogen-bond donors (Lipinski definition) is 3. The molecule has 0 spiro atoms. The van der Waals surface area contributed by atoms with Gasteiger partial charge in [0, 0.05) is 24.3 Å². The van der Waals surface area contributed by atoms with Crippen molar-refractivity contribution in [3.05, 3.63) is 71.5 Å². The molecule has 0 aliphatic heterocycles. The molecule has 0 atom stereocenters. The van der Waals surface area contributed by atoms with E-state index < -0.39 is 0 Å². The van der Waals surface area contributed by atoms with E-state index in [9.17, 15) is 4.79 Å². The van der Waals surface area contributed by atoms with Crippen LogP contribution >= 0.6 is 0 Å². The summed E-state index contributed by atoms with van der Waals surface area (Å²) in [5.74, 6) is -0.119. The number of benzene rings is 1. The summed E-state index contributed by atoms with van der Waals surface area (Å²) >= 11 is 0. The van der Waals surface area contributed by atoms with Crippen molar-refractivity contribution in [2.24, 2.45) is 0 Å². The number of nitrogens with one attached hydrogen (secondary N) is 3. The molecule has 3 aromatic heterocycles. The van der Waals surface area contributed by atoms with Crippen molar-refractivity contribution < 1.29 is 4.79 Å². The van der Waals surface area contributed by atoms with E-state index in [2.05, 4.69) is 31.5 Å². The molecule has 124 valence electrons. The lowest BCUT2D eigenvalue weighted by Crippen LogP contribution is -2.22. The molecule has 0 bridgehead atoms. The molecule has 0 aliphatic carbocycles. The van der Waals surface area contributed by atoms with Crippen LogP contribution in [0.5, 0.6) is 0 Å². The Morgan fingerprint density at radius 2 is 2.12 bits per heavy atom. The first-order chi connectivity index (χ1) is 12.2. The van der Waals surface area contributed by atoms with Crippen LogP contribution in [-0.2, 0) is 6.54 Å². The van der Waals surface area contributed by atoms with Crippen molar-refractivity contribution in [2.75, 3.05) is 0 Å². The van der Waals surface area contributed by atoms with E-state index in [1.165, 1.54) is 5.56 Å². The normalized spacial score (nSPS) is 10.9. The highest BCUT2D eigenvalue weighted by molar-refractivity contribution is 5.97.